The van der Waals surface area contributed by atoms with E-state index in [9.17, 15) is 4.79 Å². The summed E-state index contributed by atoms with van der Waals surface area (Å²) in [5.41, 5.74) is 0. The third-order valence-electron chi connectivity index (χ3n) is 1.64. The van der Waals surface area contributed by atoms with Gasteiger partial charge in [-0.3, -0.25) is 0 Å². The smallest absolute Gasteiger partial charge is 0.407 e. The Hall–Kier alpha value is -0.770. The Morgan fingerprint density at radius 1 is 1.80 bits per heavy atom. The van der Waals surface area contributed by atoms with Crippen LogP contribution in [-0.2, 0) is 0 Å². The number of amides is 1. The summed E-state index contributed by atoms with van der Waals surface area (Å²) in [6, 6.07) is 0.296. The second-order valence-electron chi connectivity index (χ2n) is 2.58. The number of hydrogen-bond donors (Lipinski definition) is 2. The van der Waals surface area contributed by atoms with E-state index in [0.29, 0.717) is 19.1 Å². The van der Waals surface area contributed by atoms with Crippen molar-refractivity contribution in [2.45, 2.75) is 13.0 Å². The van der Waals surface area contributed by atoms with E-state index < -0.39 is 6.09 Å². The van der Waals surface area contributed by atoms with E-state index in [1.54, 1.807) is 0 Å². The number of hydrogen-bond acceptors (Lipinski definition) is 2. The zero-order chi connectivity index (χ0) is 7.56. The molecule has 4 heteroatoms. The summed E-state index contributed by atoms with van der Waals surface area (Å²) in [4.78, 5) is 11.8. The molecule has 0 aromatic heterocycles. The van der Waals surface area contributed by atoms with E-state index >= 15 is 0 Å². The van der Waals surface area contributed by atoms with Gasteiger partial charge >= 0.3 is 6.09 Å². The van der Waals surface area contributed by atoms with Crippen molar-refractivity contribution in [3.8, 4) is 0 Å². The molecule has 1 atom stereocenters. The quantitative estimate of drug-likeness (QED) is 0.501. The van der Waals surface area contributed by atoms with Crippen LogP contribution in [0.3, 0.4) is 0 Å². The van der Waals surface area contributed by atoms with Crippen LogP contribution in [0.4, 0.5) is 4.79 Å². The van der Waals surface area contributed by atoms with Crippen LogP contribution in [0.1, 0.15) is 6.92 Å². The highest BCUT2D eigenvalue weighted by molar-refractivity contribution is 5.65. The minimum Gasteiger partial charge on any atom is -0.465 e. The summed E-state index contributed by atoms with van der Waals surface area (Å²) in [7, 11) is 0. The Labute approximate surface area is 59.8 Å². The normalized spacial score (nSPS) is 26.5. The van der Waals surface area contributed by atoms with Gasteiger partial charge in [-0.05, 0) is 6.92 Å². The molecule has 10 heavy (non-hydrogen) atoms. The van der Waals surface area contributed by atoms with Crippen molar-refractivity contribution in [1.82, 2.24) is 10.2 Å². The molecule has 1 aliphatic heterocycles. The number of rotatable bonds is 0. The highest BCUT2D eigenvalue weighted by Gasteiger charge is 2.18. The molecule has 0 radical (unpaired) electrons. The second kappa shape index (κ2) is 2.88. The van der Waals surface area contributed by atoms with E-state index in [2.05, 4.69) is 5.32 Å². The van der Waals surface area contributed by atoms with Crippen molar-refractivity contribution in [2.75, 3.05) is 19.6 Å². The minimum atomic E-state index is -0.812. The first-order valence-electron chi connectivity index (χ1n) is 3.41. The maximum atomic E-state index is 10.4. The lowest BCUT2D eigenvalue weighted by molar-refractivity contribution is 0.130. The Bertz CT molecular complexity index is 138. The molecule has 2 N–H and O–H groups in total. The van der Waals surface area contributed by atoms with Crippen molar-refractivity contribution in [2.24, 2.45) is 0 Å². The van der Waals surface area contributed by atoms with Crippen LogP contribution in [0, 0.1) is 0 Å². The molecule has 1 amide bonds. The Kier molecular flexibility index (Phi) is 2.11. The number of nitrogens with zero attached hydrogens (tertiary/aromatic N) is 1. The summed E-state index contributed by atoms with van der Waals surface area (Å²) >= 11 is 0. The summed E-state index contributed by atoms with van der Waals surface area (Å²) in [5, 5.41) is 11.7. The fraction of sp³-hybridized carbons (Fsp3) is 0.833. The van der Waals surface area contributed by atoms with E-state index in [4.69, 9.17) is 5.11 Å². The van der Waals surface area contributed by atoms with Crippen molar-refractivity contribution < 1.29 is 9.90 Å². The molecular weight excluding hydrogens is 132 g/mol. The third kappa shape index (κ3) is 1.60. The summed E-state index contributed by atoms with van der Waals surface area (Å²) in [5.74, 6) is 0. The van der Waals surface area contributed by atoms with Crippen LogP contribution in [0.5, 0.6) is 0 Å². The van der Waals surface area contributed by atoms with E-state index in [-0.39, 0.29) is 0 Å². The molecule has 0 spiro atoms. The standard InChI is InChI=1S/C6H12N2O2/c1-5-4-8(6(9)10)3-2-7-5/h5,7H,2-4H2,1H3,(H,9,10)/t5-/m0/s1. The van der Waals surface area contributed by atoms with E-state index in [0.717, 1.165) is 6.54 Å². The first-order chi connectivity index (χ1) is 4.70. The monoisotopic (exact) mass is 144 g/mol. The first kappa shape index (κ1) is 7.34. The van der Waals surface area contributed by atoms with Gasteiger partial charge in [-0.25, -0.2) is 4.79 Å². The highest BCUT2D eigenvalue weighted by Crippen LogP contribution is 1.97. The molecule has 1 aliphatic rings. The van der Waals surface area contributed by atoms with Gasteiger partial charge in [0.25, 0.3) is 0 Å². The van der Waals surface area contributed by atoms with Gasteiger partial charge in [0.1, 0.15) is 0 Å². The molecule has 1 heterocycles. The number of carboxylic acid groups (broad SMARTS) is 1. The molecule has 0 unspecified atom stereocenters. The Morgan fingerprint density at radius 2 is 2.50 bits per heavy atom. The lowest BCUT2D eigenvalue weighted by Gasteiger charge is -2.29. The van der Waals surface area contributed by atoms with Crippen LogP contribution in [-0.4, -0.2) is 41.8 Å². The van der Waals surface area contributed by atoms with Gasteiger partial charge in [-0.2, -0.15) is 0 Å². The SMILES string of the molecule is C[C@H]1CN(C(=O)O)CCN1. The summed E-state index contributed by atoms with van der Waals surface area (Å²) in [6.45, 7) is 3.97. The Balaban J connectivity index is 2.39. The van der Waals surface area contributed by atoms with Gasteiger partial charge in [0, 0.05) is 25.7 Å². The fourth-order valence-corrected chi connectivity index (χ4v) is 1.11. The lowest BCUT2D eigenvalue weighted by atomic mass is 10.2. The zero-order valence-corrected chi connectivity index (χ0v) is 6.00. The minimum absolute atomic E-state index is 0.296. The fourth-order valence-electron chi connectivity index (χ4n) is 1.11. The zero-order valence-electron chi connectivity index (χ0n) is 6.00. The Morgan fingerprint density at radius 3 is 2.90 bits per heavy atom. The number of nitrogens with one attached hydrogen (secondary N) is 1. The summed E-state index contributed by atoms with van der Waals surface area (Å²) < 4.78 is 0. The van der Waals surface area contributed by atoms with Crippen LogP contribution in [0.25, 0.3) is 0 Å². The van der Waals surface area contributed by atoms with Crippen molar-refractivity contribution in [1.29, 1.82) is 0 Å². The topological polar surface area (TPSA) is 52.6 Å². The largest absolute Gasteiger partial charge is 0.465 e. The maximum absolute atomic E-state index is 10.4. The second-order valence-corrected chi connectivity index (χ2v) is 2.58. The molecule has 58 valence electrons. The molecule has 0 aliphatic carbocycles. The van der Waals surface area contributed by atoms with Crippen LogP contribution in [0.2, 0.25) is 0 Å². The van der Waals surface area contributed by atoms with Gasteiger partial charge in [0.05, 0.1) is 0 Å². The van der Waals surface area contributed by atoms with Crippen LogP contribution in [0.15, 0.2) is 0 Å². The van der Waals surface area contributed by atoms with Crippen LogP contribution < -0.4 is 5.32 Å². The molecule has 0 bridgehead atoms. The van der Waals surface area contributed by atoms with E-state index in [1.165, 1.54) is 4.90 Å². The summed E-state index contributed by atoms with van der Waals surface area (Å²) in [6.07, 6.45) is -0.812. The average molecular weight is 144 g/mol. The molecule has 1 rings (SSSR count). The third-order valence-corrected chi connectivity index (χ3v) is 1.64. The molecule has 1 fully saturated rings. The molecular formula is C6H12N2O2. The number of piperazine rings is 1. The van der Waals surface area contributed by atoms with E-state index in [1.807, 2.05) is 6.92 Å². The highest BCUT2D eigenvalue weighted by atomic mass is 16.4. The molecule has 0 saturated carbocycles. The lowest BCUT2D eigenvalue weighted by Crippen LogP contribution is -2.50. The molecule has 0 aromatic carbocycles. The van der Waals surface area contributed by atoms with Gasteiger partial charge in [-0.1, -0.05) is 0 Å². The average Bonchev–Trinajstić information content (AvgIpc) is 1.88. The van der Waals surface area contributed by atoms with Crippen molar-refractivity contribution >= 4 is 6.09 Å². The van der Waals surface area contributed by atoms with Crippen molar-refractivity contribution in [3.05, 3.63) is 0 Å². The van der Waals surface area contributed by atoms with Gasteiger partial charge < -0.3 is 15.3 Å². The van der Waals surface area contributed by atoms with Crippen LogP contribution >= 0.6 is 0 Å². The van der Waals surface area contributed by atoms with Gasteiger partial charge in [0.15, 0.2) is 0 Å². The maximum Gasteiger partial charge on any atom is 0.407 e. The van der Waals surface area contributed by atoms with Gasteiger partial charge in [-0.15, -0.1) is 0 Å². The predicted octanol–water partition coefficient (Wildman–Crippen LogP) is -0.0419. The van der Waals surface area contributed by atoms with Gasteiger partial charge in [0.2, 0.25) is 0 Å². The first-order valence-corrected chi connectivity index (χ1v) is 3.41. The molecule has 4 nitrogen and oxygen atoms in total. The number of carbonyl (C=O) groups is 1. The van der Waals surface area contributed by atoms with Crippen molar-refractivity contribution in [3.63, 3.8) is 0 Å². The molecule has 0 aromatic rings. The predicted molar refractivity (Wildman–Crippen MR) is 37.1 cm³/mol. The molecule has 1 saturated heterocycles.